The van der Waals surface area contributed by atoms with Gasteiger partial charge in [-0.15, -0.1) is 11.3 Å². The number of carbonyl (C=O) groups is 1. The van der Waals surface area contributed by atoms with Gasteiger partial charge in [0.1, 0.15) is 0 Å². The van der Waals surface area contributed by atoms with Crippen LogP contribution in [0.2, 0.25) is 0 Å². The van der Waals surface area contributed by atoms with Crippen LogP contribution in [0.25, 0.3) is 10.2 Å². The van der Waals surface area contributed by atoms with Gasteiger partial charge in [-0.25, -0.2) is 4.98 Å². The van der Waals surface area contributed by atoms with E-state index in [4.69, 9.17) is 0 Å². The lowest BCUT2D eigenvalue weighted by Crippen LogP contribution is -2.27. The van der Waals surface area contributed by atoms with Crippen LogP contribution < -0.4 is 0 Å². The average molecular weight is 318 g/mol. The lowest BCUT2D eigenvalue weighted by Gasteiger charge is -2.15. The smallest absolute Gasteiger partial charge is 0.233 e. The minimum absolute atomic E-state index is 0.0838. The zero-order chi connectivity index (χ0) is 14.7. The van der Waals surface area contributed by atoms with Gasteiger partial charge in [-0.1, -0.05) is 23.9 Å². The number of thiazole rings is 1. The normalized spacial score (nSPS) is 10.9. The standard InChI is InChI=1S/C14H14N4OS2/c1-18(8-10-6-15-16-7-10)13(19)9-20-14-17-11-4-2-3-5-12(11)21-14/h2-7H,8-9H2,1H3,(H,15,16). The number of aromatic nitrogens is 3. The molecule has 3 rings (SSSR count). The Balaban J connectivity index is 1.57. The highest BCUT2D eigenvalue weighted by Gasteiger charge is 2.12. The van der Waals surface area contributed by atoms with Crippen LogP contribution in [0.3, 0.4) is 0 Å². The predicted molar refractivity (Wildman–Crippen MR) is 85.4 cm³/mol. The summed E-state index contributed by atoms with van der Waals surface area (Å²) in [6, 6.07) is 8.01. The number of para-hydroxylation sites is 1. The monoisotopic (exact) mass is 318 g/mol. The van der Waals surface area contributed by atoms with Crippen molar-refractivity contribution in [3.05, 3.63) is 42.2 Å². The molecule has 0 atom stereocenters. The molecule has 21 heavy (non-hydrogen) atoms. The zero-order valence-corrected chi connectivity index (χ0v) is 13.1. The highest BCUT2D eigenvalue weighted by Crippen LogP contribution is 2.29. The van der Waals surface area contributed by atoms with Crippen LogP contribution in [0.15, 0.2) is 41.0 Å². The number of rotatable bonds is 5. The quantitative estimate of drug-likeness (QED) is 0.735. The maximum atomic E-state index is 12.1. The first-order chi connectivity index (χ1) is 10.2. The fourth-order valence-corrected chi connectivity index (χ4v) is 3.88. The number of aromatic amines is 1. The zero-order valence-electron chi connectivity index (χ0n) is 11.4. The molecule has 1 amide bonds. The second-order valence-corrected chi connectivity index (χ2v) is 6.85. The first-order valence-electron chi connectivity index (χ1n) is 6.42. The summed E-state index contributed by atoms with van der Waals surface area (Å²) in [7, 11) is 1.80. The van der Waals surface area contributed by atoms with Crippen LogP contribution in [0, 0.1) is 0 Å². The lowest BCUT2D eigenvalue weighted by molar-refractivity contribution is -0.127. The number of nitrogens with one attached hydrogen (secondary N) is 1. The highest BCUT2D eigenvalue weighted by atomic mass is 32.2. The number of hydrogen-bond acceptors (Lipinski definition) is 5. The molecule has 0 fully saturated rings. The SMILES string of the molecule is CN(Cc1cn[nH]c1)C(=O)CSc1nc2ccccc2s1. The van der Waals surface area contributed by atoms with Gasteiger partial charge in [0.2, 0.25) is 5.91 Å². The van der Waals surface area contributed by atoms with E-state index in [1.807, 2.05) is 24.3 Å². The van der Waals surface area contributed by atoms with Crippen molar-refractivity contribution in [1.82, 2.24) is 20.1 Å². The molecule has 2 aromatic heterocycles. The van der Waals surface area contributed by atoms with E-state index in [2.05, 4.69) is 15.2 Å². The first kappa shape index (κ1) is 14.1. The molecule has 0 saturated heterocycles. The number of amides is 1. The molecule has 0 aliphatic rings. The number of thioether (sulfide) groups is 1. The van der Waals surface area contributed by atoms with Crippen LogP contribution in [-0.2, 0) is 11.3 Å². The summed E-state index contributed by atoms with van der Waals surface area (Å²) in [4.78, 5) is 18.3. The number of benzene rings is 1. The molecule has 7 heteroatoms. The molecule has 0 bridgehead atoms. The van der Waals surface area contributed by atoms with Crippen LogP contribution in [0.1, 0.15) is 5.56 Å². The van der Waals surface area contributed by atoms with Crippen molar-refractivity contribution in [2.75, 3.05) is 12.8 Å². The minimum Gasteiger partial charge on any atom is -0.341 e. The molecular formula is C14H14N4OS2. The summed E-state index contributed by atoms with van der Waals surface area (Å²) in [5.74, 6) is 0.481. The van der Waals surface area contributed by atoms with Gasteiger partial charge in [-0.3, -0.25) is 9.89 Å². The summed E-state index contributed by atoms with van der Waals surface area (Å²) >= 11 is 3.11. The van der Waals surface area contributed by atoms with E-state index in [0.29, 0.717) is 12.3 Å². The molecule has 108 valence electrons. The van der Waals surface area contributed by atoms with E-state index in [1.54, 1.807) is 35.7 Å². The summed E-state index contributed by atoms with van der Waals surface area (Å²) in [5, 5.41) is 6.62. The largest absolute Gasteiger partial charge is 0.341 e. The van der Waals surface area contributed by atoms with Gasteiger partial charge >= 0.3 is 0 Å². The molecule has 0 unspecified atom stereocenters. The molecular weight excluding hydrogens is 304 g/mol. The Kier molecular flexibility index (Phi) is 4.21. The molecule has 0 spiro atoms. The van der Waals surface area contributed by atoms with E-state index >= 15 is 0 Å². The van der Waals surface area contributed by atoms with E-state index in [9.17, 15) is 4.79 Å². The molecule has 0 aliphatic heterocycles. The van der Waals surface area contributed by atoms with Crippen molar-refractivity contribution in [1.29, 1.82) is 0 Å². The van der Waals surface area contributed by atoms with Crippen LogP contribution in [-0.4, -0.2) is 38.8 Å². The number of H-pyrrole nitrogens is 1. The number of carbonyl (C=O) groups excluding carboxylic acids is 1. The molecule has 0 saturated carbocycles. The van der Waals surface area contributed by atoms with Crippen LogP contribution in [0.4, 0.5) is 0 Å². The Bertz CT molecular complexity index is 705. The van der Waals surface area contributed by atoms with E-state index < -0.39 is 0 Å². The molecule has 1 aromatic carbocycles. The third-order valence-electron chi connectivity index (χ3n) is 2.99. The van der Waals surface area contributed by atoms with Crippen molar-refractivity contribution < 1.29 is 4.79 Å². The lowest BCUT2D eigenvalue weighted by atomic mass is 10.3. The molecule has 3 aromatic rings. The minimum atomic E-state index is 0.0838. The second kappa shape index (κ2) is 6.28. The Morgan fingerprint density at radius 3 is 3.05 bits per heavy atom. The van der Waals surface area contributed by atoms with Gasteiger partial charge in [0, 0.05) is 25.4 Å². The van der Waals surface area contributed by atoms with E-state index in [1.165, 1.54) is 11.8 Å². The number of fused-ring (bicyclic) bond motifs is 1. The van der Waals surface area contributed by atoms with Crippen molar-refractivity contribution in [2.45, 2.75) is 10.9 Å². The van der Waals surface area contributed by atoms with Gasteiger partial charge < -0.3 is 4.90 Å². The molecule has 0 aliphatic carbocycles. The Labute approximate surface area is 130 Å². The van der Waals surface area contributed by atoms with Gasteiger partial charge in [-0.2, -0.15) is 5.10 Å². The van der Waals surface area contributed by atoms with E-state index in [-0.39, 0.29) is 5.91 Å². The Morgan fingerprint density at radius 1 is 1.43 bits per heavy atom. The fourth-order valence-electron chi connectivity index (χ4n) is 1.87. The highest BCUT2D eigenvalue weighted by molar-refractivity contribution is 8.01. The second-order valence-electron chi connectivity index (χ2n) is 4.59. The first-order valence-corrected chi connectivity index (χ1v) is 8.22. The van der Waals surface area contributed by atoms with Crippen molar-refractivity contribution in [3.8, 4) is 0 Å². The fraction of sp³-hybridized carbons (Fsp3) is 0.214. The van der Waals surface area contributed by atoms with Crippen LogP contribution in [0.5, 0.6) is 0 Å². The summed E-state index contributed by atoms with van der Waals surface area (Å²) in [6.45, 7) is 0.565. The van der Waals surface area contributed by atoms with Gasteiger partial charge in [0.15, 0.2) is 4.34 Å². The van der Waals surface area contributed by atoms with Gasteiger partial charge in [0.25, 0.3) is 0 Å². The van der Waals surface area contributed by atoms with Gasteiger partial charge in [-0.05, 0) is 12.1 Å². The summed E-state index contributed by atoms with van der Waals surface area (Å²) < 4.78 is 2.08. The summed E-state index contributed by atoms with van der Waals surface area (Å²) in [5.41, 5.74) is 1.99. The molecule has 2 heterocycles. The predicted octanol–water partition coefficient (Wildman–Crippen LogP) is 2.77. The number of nitrogens with zero attached hydrogens (tertiary/aromatic N) is 3. The average Bonchev–Trinajstić information content (AvgIpc) is 3.13. The van der Waals surface area contributed by atoms with Crippen molar-refractivity contribution in [2.24, 2.45) is 0 Å². The topological polar surface area (TPSA) is 61.9 Å². The molecule has 0 radical (unpaired) electrons. The van der Waals surface area contributed by atoms with Crippen LogP contribution >= 0.6 is 23.1 Å². The molecule has 5 nitrogen and oxygen atoms in total. The van der Waals surface area contributed by atoms with Crippen molar-refractivity contribution >= 4 is 39.2 Å². The maximum Gasteiger partial charge on any atom is 0.233 e. The molecule has 1 N–H and O–H groups in total. The maximum absolute atomic E-state index is 12.1. The third kappa shape index (κ3) is 3.43. The van der Waals surface area contributed by atoms with E-state index in [0.717, 1.165) is 20.1 Å². The third-order valence-corrected chi connectivity index (χ3v) is 5.16. The van der Waals surface area contributed by atoms with Crippen molar-refractivity contribution in [3.63, 3.8) is 0 Å². The Morgan fingerprint density at radius 2 is 2.29 bits per heavy atom. The Hall–Kier alpha value is -1.86. The summed E-state index contributed by atoms with van der Waals surface area (Å²) in [6.07, 6.45) is 3.52. The number of hydrogen-bond donors (Lipinski definition) is 1. The van der Waals surface area contributed by atoms with Gasteiger partial charge in [0.05, 0.1) is 22.2 Å².